The van der Waals surface area contributed by atoms with Gasteiger partial charge in [-0.2, -0.15) is 0 Å². The Morgan fingerprint density at radius 3 is 1.62 bits per heavy atom. The summed E-state index contributed by atoms with van der Waals surface area (Å²) in [6.45, 7) is 1.39. The molecule has 0 N–H and O–H groups in total. The zero-order valence-corrected chi connectivity index (χ0v) is 12.3. The van der Waals surface area contributed by atoms with E-state index in [-0.39, 0.29) is 5.56 Å². The summed E-state index contributed by atoms with van der Waals surface area (Å²) in [5, 5.41) is 0. The summed E-state index contributed by atoms with van der Waals surface area (Å²) >= 11 is 0. The Hall–Kier alpha value is -2.30. The van der Waals surface area contributed by atoms with Crippen molar-refractivity contribution in [3.05, 3.63) is 41.5 Å². The molecule has 0 amide bonds. The van der Waals surface area contributed by atoms with Gasteiger partial charge >= 0.3 is 0 Å². The fourth-order valence-electron chi connectivity index (χ4n) is 2.08. The van der Waals surface area contributed by atoms with Crippen LogP contribution in [0.5, 0.6) is 17.2 Å². The first-order chi connectivity index (χ1) is 10.0. The number of benzene rings is 2. The number of hydrogen-bond donors (Lipinski definition) is 0. The van der Waals surface area contributed by atoms with E-state index in [0.717, 1.165) is 0 Å². The lowest BCUT2D eigenvalue weighted by molar-refractivity contribution is 0.377. The molecular weight excluding hydrogens is 278 g/mol. The van der Waals surface area contributed by atoms with Crippen LogP contribution in [0.2, 0.25) is 0 Å². The maximum atomic E-state index is 13.8. The van der Waals surface area contributed by atoms with Crippen molar-refractivity contribution in [2.75, 3.05) is 21.3 Å². The molecule has 0 aliphatic carbocycles. The van der Waals surface area contributed by atoms with Gasteiger partial charge in [-0.1, -0.05) is 0 Å². The average Bonchev–Trinajstić information content (AvgIpc) is 2.50. The molecule has 0 unspecified atom stereocenters. The van der Waals surface area contributed by atoms with Crippen LogP contribution in [0.4, 0.5) is 8.78 Å². The molecule has 0 aliphatic heterocycles. The van der Waals surface area contributed by atoms with E-state index in [1.807, 2.05) is 0 Å². The SMILES string of the molecule is COc1cc(OC)c(-c2cc(F)c(C)c(F)c2)c(OC)c1. The molecule has 0 radical (unpaired) electrons. The van der Waals surface area contributed by atoms with Gasteiger partial charge in [0, 0.05) is 17.7 Å². The van der Waals surface area contributed by atoms with Gasteiger partial charge in [0.15, 0.2) is 0 Å². The van der Waals surface area contributed by atoms with Gasteiger partial charge in [0.25, 0.3) is 0 Å². The molecule has 0 aromatic heterocycles. The van der Waals surface area contributed by atoms with Crippen molar-refractivity contribution in [2.45, 2.75) is 6.92 Å². The molecule has 2 aromatic rings. The van der Waals surface area contributed by atoms with Crippen molar-refractivity contribution in [1.29, 1.82) is 0 Å². The molecule has 0 bridgehead atoms. The number of rotatable bonds is 4. The third-order valence-corrected chi connectivity index (χ3v) is 3.28. The van der Waals surface area contributed by atoms with Crippen LogP contribution in [-0.4, -0.2) is 21.3 Å². The van der Waals surface area contributed by atoms with Gasteiger partial charge in [-0.25, -0.2) is 8.78 Å². The Kier molecular flexibility index (Phi) is 4.31. The topological polar surface area (TPSA) is 27.7 Å². The van der Waals surface area contributed by atoms with Gasteiger partial charge in [0.05, 0.1) is 26.9 Å². The second kappa shape index (κ2) is 5.99. The molecule has 0 saturated carbocycles. The average molecular weight is 294 g/mol. The highest BCUT2D eigenvalue weighted by molar-refractivity contribution is 5.78. The summed E-state index contributed by atoms with van der Waals surface area (Å²) in [5.74, 6) is 0.109. The van der Waals surface area contributed by atoms with Gasteiger partial charge in [-0.3, -0.25) is 0 Å². The van der Waals surface area contributed by atoms with E-state index in [0.29, 0.717) is 28.4 Å². The van der Waals surface area contributed by atoms with Crippen molar-refractivity contribution < 1.29 is 23.0 Å². The second-order valence-corrected chi connectivity index (χ2v) is 4.47. The van der Waals surface area contributed by atoms with Crippen molar-refractivity contribution in [3.63, 3.8) is 0 Å². The lowest BCUT2D eigenvalue weighted by atomic mass is 10.0. The van der Waals surface area contributed by atoms with Crippen molar-refractivity contribution in [2.24, 2.45) is 0 Å². The van der Waals surface area contributed by atoms with Crippen LogP contribution in [0.15, 0.2) is 24.3 Å². The molecular formula is C16H16F2O3. The minimum Gasteiger partial charge on any atom is -0.496 e. The largest absolute Gasteiger partial charge is 0.496 e. The monoisotopic (exact) mass is 294 g/mol. The minimum atomic E-state index is -0.620. The molecule has 3 nitrogen and oxygen atoms in total. The number of halogens is 2. The predicted molar refractivity (Wildman–Crippen MR) is 76.2 cm³/mol. The normalized spacial score (nSPS) is 10.4. The van der Waals surface area contributed by atoms with E-state index in [2.05, 4.69) is 0 Å². The zero-order valence-electron chi connectivity index (χ0n) is 12.3. The highest BCUT2D eigenvalue weighted by atomic mass is 19.1. The predicted octanol–water partition coefficient (Wildman–Crippen LogP) is 3.97. The summed E-state index contributed by atoms with van der Waals surface area (Å²) < 4.78 is 43.3. The molecule has 5 heteroatoms. The highest BCUT2D eigenvalue weighted by Crippen LogP contribution is 2.42. The second-order valence-electron chi connectivity index (χ2n) is 4.47. The quantitative estimate of drug-likeness (QED) is 0.854. The van der Waals surface area contributed by atoms with Crippen LogP contribution in [0.1, 0.15) is 5.56 Å². The fourth-order valence-corrected chi connectivity index (χ4v) is 2.08. The lowest BCUT2D eigenvalue weighted by Gasteiger charge is -2.16. The smallest absolute Gasteiger partial charge is 0.134 e. The van der Waals surface area contributed by atoms with Gasteiger partial charge < -0.3 is 14.2 Å². The minimum absolute atomic E-state index is 0.0230. The number of methoxy groups -OCH3 is 3. The third kappa shape index (κ3) is 2.77. The molecule has 0 aliphatic rings. The first-order valence-corrected chi connectivity index (χ1v) is 6.27. The Morgan fingerprint density at radius 2 is 1.24 bits per heavy atom. The van der Waals surface area contributed by atoms with Crippen molar-refractivity contribution >= 4 is 0 Å². The lowest BCUT2D eigenvalue weighted by Crippen LogP contribution is -1.97. The number of ether oxygens (including phenoxy) is 3. The Balaban J connectivity index is 2.73. The standard InChI is InChI=1S/C16H16F2O3/c1-9-12(17)5-10(6-13(9)18)16-14(20-3)7-11(19-2)8-15(16)21-4/h5-8H,1-4H3. The van der Waals surface area contributed by atoms with Crippen LogP contribution in [0.25, 0.3) is 11.1 Å². The fraction of sp³-hybridized carbons (Fsp3) is 0.250. The van der Waals surface area contributed by atoms with Crippen LogP contribution in [-0.2, 0) is 0 Å². The molecule has 0 atom stereocenters. The molecule has 0 saturated heterocycles. The summed E-state index contributed by atoms with van der Waals surface area (Å²) in [5.41, 5.74) is 0.788. The molecule has 2 aromatic carbocycles. The molecule has 0 fully saturated rings. The van der Waals surface area contributed by atoms with Crippen molar-refractivity contribution in [1.82, 2.24) is 0 Å². The summed E-state index contributed by atoms with van der Waals surface area (Å²) in [6.07, 6.45) is 0. The molecule has 2 rings (SSSR count). The number of hydrogen-bond acceptors (Lipinski definition) is 3. The van der Waals surface area contributed by atoms with E-state index in [1.165, 1.54) is 40.4 Å². The van der Waals surface area contributed by atoms with E-state index in [4.69, 9.17) is 14.2 Å². The van der Waals surface area contributed by atoms with Crippen LogP contribution in [0, 0.1) is 18.6 Å². The summed E-state index contributed by atoms with van der Waals surface area (Å²) in [6, 6.07) is 5.78. The first kappa shape index (κ1) is 15.1. The van der Waals surface area contributed by atoms with E-state index < -0.39 is 11.6 Å². The van der Waals surface area contributed by atoms with Crippen LogP contribution >= 0.6 is 0 Å². The maximum Gasteiger partial charge on any atom is 0.134 e. The molecule has 0 heterocycles. The zero-order chi connectivity index (χ0) is 15.6. The van der Waals surface area contributed by atoms with Gasteiger partial charge in [0.1, 0.15) is 28.9 Å². The van der Waals surface area contributed by atoms with Crippen LogP contribution < -0.4 is 14.2 Å². The molecule has 21 heavy (non-hydrogen) atoms. The van der Waals surface area contributed by atoms with Gasteiger partial charge in [-0.15, -0.1) is 0 Å². The Labute approximate surface area is 122 Å². The van der Waals surface area contributed by atoms with Gasteiger partial charge in [-0.05, 0) is 24.6 Å². The molecule has 112 valence electrons. The molecule has 0 spiro atoms. The Morgan fingerprint density at radius 1 is 0.762 bits per heavy atom. The van der Waals surface area contributed by atoms with Crippen molar-refractivity contribution in [3.8, 4) is 28.4 Å². The first-order valence-electron chi connectivity index (χ1n) is 6.27. The van der Waals surface area contributed by atoms with Crippen LogP contribution in [0.3, 0.4) is 0 Å². The Bertz CT molecular complexity index is 621. The third-order valence-electron chi connectivity index (χ3n) is 3.28. The van der Waals surface area contributed by atoms with E-state index in [9.17, 15) is 8.78 Å². The van der Waals surface area contributed by atoms with Gasteiger partial charge in [0.2, 0.25) is 0 Å². The van der Waals surface area contributed by atoms with E-state index >= 15 is 0 Å². The highest BCUT2D eigenvalue weighted by Gasteiger charge is 2.18. The summed E-state index contributed by atoms with van der Waals surface area (Å²) in [4.78, 5) is 0. The summed E-state index contributed by atoms with van der Waals surface area (Å²) in [7, 11) is 4.45. The van der Waals surface area contributed by atoms with E-state index in [1.54, 1.807) is 12.1 Å². The maximum absolute atomic E-state index is 13.8.